The van der Waals surface area contributed by atoms with E-state index in [1.807, 2.05) is 0 Å². The molecular weight excluding hydrogens is 917 g/mol. The van der Waals surface area contributed by atoms with Crippen molar-refractivity contribution in [2.24, 2.45) is 0 Å². The molecule has 0 spiro atoms. The second-order valence-corrected chi connectivity index (χ2v) is 19.7. The first-order chi connectivity index (χ1) is 37.0. The highest BCUT2D eigenvalue weighted by Gasteiger charge is 2.24. The quantitative estimate of drug-likeness (QED) is 0.152. The topological polar surface area (TPSA) is 45.9 Å². The number of furan rings is 3. The fraction of sp³-hybridized carbons (Fsp3) is 0.0286. The number of benzene rings is 12. The summed E-state index contributed by atoms with van der Waals surface area (Å²) in [7, 11) is 0. The molecule has 0 bridgehead atoms. The maximum absolute atomic E-state index is 7.03. The molecule has 0 amide bonds. The highest BCUT2D eigenvalue weighted by molar-refractivity contribution is 6.17. The Bertz CT molecular complexity index is 4450. The smallest absolute Gasteiger partial charge is 0.159 e. The van der Waals surface area contributed by atoms with Gasteiger partial charge in [-0.1, -0.05) is 158 Å². The Morgan fingerprint density at radius 3 is 1.08 bits per heavy atom. The zero-order valence-electron chi connectivity index (χ0n) is 41.2. The molecule has 354 valence electrons. The molecule has 0 N–H and O–H groups in total. The molecule has 3 heterocycles. The normalized spacial score (nSPS) is 11.9. The minimum absolute atomic E-state index is 0.840. The summed E-state index contributed by atoms with van der Waals surface area (Å²) in [5.41, 5.74) is 18.2. The lowest BCUT2D eigenvalue weighted by atomic mass is 9.98. The van der Waals surface area contributed by atoms with Crippen molar-refractivity contribution < 1.29 is 13.3 Å². The van der Waals surface area contributed by atoms with E-state index in [0.717, 1.165) is 133 Å². The summed E-state index contributed by atoms with van der Waals surface area (Å²) in [4.78, 5) is 4.63. The van der Waals surface area contributed by atoms with Gasteiger partial charge >= 0.3 is 0 Å². The lowest BCUT2D eigenvalue weighted by Crippen LogP contribution is -2.10. The third-order valence-corrected chi connectivity index (χ3v) is 15.3. The molecule has 3 aromatic heterocycles. The number of rotatable bonds is 8. The molecule has 0 unspecified atom stereocenters. The zero-order valence-corrected chi connectivity index (χ0v) is 41.2. The van der Waals surface area contributed by atoms with E-state index in [2.05, 4.69) is 266 Å². The summed E-state index contributed by atoms with van der Waals surface area (Å²) in [5, 5.41) is 10.9. The monoisotopic (exact) mass is 962 g/mol. The van der Waals surface area contributed by atoms with Crippen LogP contribution in [0, 0.1) is 13.8 Å². The SMILES string of the molecule is Cc1ccccc1-c1cccc2c1oc1c(N(c3ccccc3)c3ccc4cc5oc6cc7ccc(N(c8ccccc8)c8cccc9c8oc8c(-c%10ccccc%10C)cccc89)cc7cc6c5cc4c3)cccc12. The predicted octanol–water partition coefficient (Wildman–Crippen LogP) is 20.6. The van der Waals surface area contributed by atoms with E-state index in [0.29, 0.717) is 0 Å². The molecule has 0 radical (unpaired) electrons. The van der Waals surface area contributed by atoms with E-state index < -0.39 is 0 Å². The van der Waals surface area contributed by atoms with Gasteiger partial charge in [0.1, 0.15) is 22.3 Å². The van der Waals surface area contributed by atoms with Crippen LogP contribution in [0.1, 0.15) is 11.1 Å². The maximum Gasteiger partial charge on any atom is 0.159 e. The van der Waals surface area contributed by atoms with Crippen molar-refractivity contribution in [2.75, 3.05) is 9.80 Å². The number of anilines is 6. The van der Waals surface area contributed by atoms with Gasteiger partial charge < -0.3 is 23.1 Å². The Kier molecular flexibility index (Phi) is 9.63. The van der Waals surface area contributed by atoms with E-state index in [1.54, 1.807) is 0 Å². The van der Waals surface area contributed by atoms with Gasteiger partial charge in [-0.2, -0.15) is 0 Å². The van der Waals surface area contributed by atoms with Crippen LogP contribution in [0.2, 0.25) is 0 Å². The van der Waals surface area contributed by atoms with Gasteiger partial charge in [-0.25, -0.2) is 0 Å². The van der Waals surface area contributed by atoms with Crippen molar-refractivity contribution >= 4 is 121 Å². The van der Waals surface area contributed by atoms with Crippen molar-refractivity contribution in [3.8, 4) is 22.3 Å². The molecule has 0 aliphatic carbocycles. The van der Waals surface area contributed by atoms with Crippen molar-refractivity contribution in [3.63, 3.8) is 0 Å². The van der Waals surface area contributed by atoms with Gasteiger partial charge in [0.25, 0.3) is 0 Å². The third kappa shape index (κ3) is 6.86. The Labute approximate surface area is 432 Å². The lowest BCUT2D eigenvalue weighted by Gasteiger charge is -2.26. The van der Waals surface area contributed by atoms with Crippen molar-refractivity contribution in [1.29, 1.82) is 0 Å². The number of para-hydroxylation sites is 6. The van der Waals surface area contributed by atoms with Crippen molar-refractivity contribution in [2.45, 2.75) is 13.8 Å². The fourth-order valence-corrected chi connectivity index (χ4v) is 11.7. The Hall–Kier alpha value is -9.84. The average Bonchev–Trinajstić information content (AvgIpc) is 4.17. The van der Waals surface area contributed by atoms with E-state index >= 15 is 0 Å². The van der Waals surface area contributed by atoms with Gasteiger partial charge in [-0.15, -0.1) is 0 Å². The van der Waals surface area contributed by atoms with Crippen LogP contribution in [-0.4, -0.2) is 0 Å². The van der Waals surface area contributed by atoms with Crippen molar-refractivity contribution in [1.82, 2.24) is 0 Å². The van der Waals surface area contributed by atoms with E-state index in [-0.39, 0.29) is 0 Å². The molecule has 0 saturated heterocycles. The molecule has 75 heavy (non-hydrogen) atoms. The van der Waals surface area contributed by atoms with Gasteiger partial charge in [0.2, 0.25) is 0 Å². The molecular formula is C70H46N2O3. The van der Waals surface area contributed by atoms with Crippen LogP contribution in [0.4, 0.5) is 34.1 Å². The third-order valence-electron chi connectivity index (χ3n) is 15.3. The molecule has 15 rings (SSSR count). The van der Waals surface area contributed by atoms with Crippen LogP contribution < -0.4 is 9.80 Å². The molecule has 0 aliphatic rings. The Morgan fingerprint density at radius 1 is 0.253 bits per heavy atom. The van der Waals surface area contributed by atoms with Crippen LogP contribution in [0.3, 0.4) is 0 Å². The Morgan fingerprint density at radius 2 is 0.640 bits per heavy atom. The maximum atomic E-state index is 7.03. The summed E-state index contributed by atoms with van der Waals surface area (Å²) in [6.45, 7) is 4.32. The van der Waals surface area contributed by atoms with Crippen LogP contribution in [0.5, 0.6) is 0 Å². The fourth-order valence-electron chi connectivity index (χ4n) is 11.7. The second-order valence-electron chi connectivity index (χ2n) is 19.7. The van der Waals surface area contributed by atoms with Crippen LogP contribution in [-0.2, 0) is 0 Å². The van der Waals surface area contributed by atoms with Gasteiger partial charge in [0.15, 0.2) is 11.2 Å². The summed E-state index contributed by atoms with van der Waals surface area (Å²) in [5.74, 6) is 0. The number of aryl methyl sites for hydroxylation is 2. The predicted molar refractivity (Wildman–Crippen MR) is 313 cm³/mol. The van der Waals surface area contributed by atoms with Gasteiger partial charge in [-0.3, -0.25) is 0 Å². The minimum Gasteiger partial charge on any atom is -0.456 e. The molecule has 0 aliphatic heterocycles. The molecule has 5 heteroatoms. The van der Waals surface area contributed by atoms with E-state index in [9.17, 15) is 0 Å². The van der Waals surface area contributed by atoms with Gasteiger partial charge in [0.05, 0.1) is 11.4 Å². The van der Waals surface area contributed by atoms with Gasteiger partial charge in [0, 0.05) is 66.2 Å². The number of hydrogen-bond donors (Lipinski definition) is 0. The molecule has 0 atom stereocenters. The zero-order chi connectivity index (χ0) is 49.7. The standard InChI is InChI=1S/C70H46N2O3/c1-43-17-9-11-23-53(43)55-25-13-27-57-59-29-15-31-63(69(59)74-67(55)57)71(49-19-5-3-6-20-49)51-35-33-45-41-65-61(39-47(45)37-51)62-40-48-38-52(36-34-46(48)42-66(62)73-65)72(50-21-7-4-8-22-50)64-32-16-30-60-58-28-14-26-56(68(58)75-70(60)64)54-24-12-10-18-44(54)2/h3-42H,1-2H3. The molecule has 5 nitrogen and oxygen atoms in total. The Balaban J connectivity index is 0.867. The first-order valence-corrected chi connectivity index (χ1v) is 25.6. The molecule has 12 aromatic carbocycles. The van der Waals surface area contributed by atoms with E-state index in [1.165, 1.54) is 22.3 Å². The highest BCUT2D eigenvalue weighted by atomic mass is 16.3. The second kappa shape index (κ2) is 16.9. The summed E-state index contributed by atoms with van der Waals surface area (Å²) >= 11 is 0. The van der Waals surface area contributed by atoms with Gasteiger partial charge in [-0.05, 0) is 143 Å². The first kappa shape index (κ1) is 42.8. The molecule has 0 fully saturated rings. The minimum atomic E-state index is 0.840. The van der Waals surface area contributed by atoms with Crippen molar-refractivity contribution in [3.05, 3.63) is 254 Å². The van der Waals surface area contributed by atoms with Crippen LogP contribution in [0.25, 0.3) is 110 Å². The average molecular weight is 963 g/mol. The van der Waals surface area contributed by atoms with E-state index in [4.69, 9.17) is 13.3 Å². The molecule has 0 saturated carbocycles. The summed E-state index contributed by atoms with van der Waals surface area (Å²) in [6, 6.07) is 86.4. The van der Waals surface area contributed by atoms with Crippen LogP contribution >= 0.6 is 0 Å². The summed E-state index contributed by atoms with van der Waals surface area (Å²) < 4.78 is 20.8. The highest BCUT2D eigenvalue weighted by Crippen LogP contribution is 2.48. The van der Waals surface area contributed by atoms with Crippen LogP contribution in [0.15, 0.2) is 256 Å². The first-order valence-electron chi connectivity index (χ1n) is 25.6. The number of hydrogen-bond acceptors (Lipinski definition) is 5. The largest absolute Gasteiger partial charge is 0.456 e. The lowest BCUT2D eigenvalue weighted by molar-refractivity contribution is 0.670. The molecule has 15 aromatic rings. The number of nitrogens with zero attached hydrogens (tertiary/aromatic N) is 2. The number of fused-ring (bicyclic) bond motifs is 11. The summed E-state index contributed by atoms with van der Waals surface area (Å²) in [6.07, 6.45) is 0.